The first kappa shape index (κ1) is 15.1. The van der Waals surface area contributed by atoms with E-state index < -0.39 is 0 Å². The Bertz CT molecular complexity index is 606. The standard InChI is InChI=1S/C15H17N3O2S/c1-10(2)11-5-7-12(8-6-11)16-15(21)18-17-14(19)13-4-3-9-20-13/h3-10H,1-2H3,(H,17,19)(H2,16,18,21). The summed E-state index contributed by atoms with van der Waals surface area (Å²) in [5.41, 5.74) is 7.17. The highest BCUT2D eigenvalue weighted by Crippen LogP contribution is 2.16. The minimum absolute atomic E-state index is 0.214. The molecule has 0 aliphatic carbocycles. The maximum absolute atomic E-state index is 11.6. The first-order valence-corrected chi connectivity index (χ1v) is 6.98. The van der Waals surface area contributed by atoms with E-state index in [1.165, 1.54) is 11.8 Å². The summed E-state index contributed by atoms with van der Waals surface area (Å²) in [6.07, 6.45) is 1.43. The molecule has 0 aliphatic rings. The van der Waals surface area contributed by atoms with Crippen molar-refractivity contribution in [2.45, 2.75) is 19.8 Å². The van der Waals surface area contributed by atoms with Crippen LogP contribution in [0.2, 0.25) is 0 Å². The highest BCUT2D eigenvalue weighted by Gasteiger charge is 2.08. The van der Waals surface area contributed by atoms with E-state index in [4.69, 9.17) is 16.6 Å². The van der Waals surface area contributed by atoms with E-state index in [2.05, 4.69) is 30.0 Å². The highest BCUT2D eigenvalue weighted by atomic mass is 32.1. The van der Waals surface area contributed by atoms with Crippen LogP contribution in [0.5, 0.6) is 0 Å². The number of rotatable bonds is 3. The zero-order valence-corrected chi connectivity index (χ0v) is 12.7. The molecule has 2 aromatic rings. The molecular formula is C15H17N3O2S. The number of amides is 1. The van der Waals surface area contributed by atoms with Crippen LogP contribution in [-0.2, 0) is 0 Å². The summed E-state index contributed by atoms with van der Waals surface area (Å²) in [6, 6.07) is 11.2. The van der Waals surface area contributed by atoms with Crippen LogP contribution in [-0.4, -0.2) is 11.0 Å². The van der Waals surface area contributed by atoms with Crippen molar-refractivity contribution in [1.82, 2.24) is 10.9 Å². The third-order valence-corrected chi connectivity index (χ3v) is 3.07. The van der Waals surface area contributed by atoms with E-state index in [1.807, 2.05) is 24.3 Å². The number of nitrogens with one attached hydrogen (secondary N) is 3. The van der Waals surface area contributed by atoms with Gasteiger partial charge in [-0.05, 0) is 48.0 Å². The van der Waals surface area contributed by atoms with Gasteiger partial charge < -0.3 is 9.73 Å². The molecule has 110 valence electrons. The molecular weight excluding hydrogens is 286 g/mol. The number of hydrazine groups is 1. The van der Waals surface area contributed by atoms with E-state index >= 15 is 0 Å². The number of anilines is 1. The SMILES string of the molecule is CC(C)c1ccc(NC(=S)NNC(=O)c2ccco2)cc1. The fourth-order valence-electron chi connectivity index (χ4n) is 1.70. The number of benzene rings is 1. The molecule has 0 saturated heterocycles. The maximum Gasteiger partial charge on any atom is 0.305 e. The molecule has 3 N–H and O–H groups in total. The minimum atomic E-state index is -0.390. The molecule has 0 saturated carbocycles. The van der Waals surface area contributed by atoms with Gasteiger partial charge in [0.15, 0.2) is 10.9 Å². The molecule has 1 amide bonds. The van der Waals surface area contributed by atoms with Crippen molar-refractivity contribution in [3.05, 3.63) is 54.0 Å². The second kappa shape index (κ2) is 6.90. The molecule has 2 rings (SSSR count). The van der Waals surface area contributed by atoms with Crippen molar-refractivity contribution in [2.24, 2.45) is 0 Å². The van der Waals surface area contributed by atoms with Crippen molar-refractivity contribution in [1.29, 1.82) is 0 Å². The summed E-state index contributed by atoms with van der Waals surface area (Å²) in [5.74, 6) is 0.308. The van der Waals surface area contributed by atoms with E-state index in [0.717, 1.165) is 5.69 Å². The molecule has 0 unspecified atom stereocenters. The molecule has 1 heterocycles. The van der Waals surface area contributed by atoms with Gasteiger partial charge in [0.05, 0.1) is 6.26 Å². The van der Waals surface area contributed by atoms with Crippen LogP contribution in [0.3, 0.4) is 0 Å². The summed E-state index contributed by atoms with van der Waals surface area (Å²) >= 11 is 5.10. The van der Waals surface area contributed by atoms with E-state index in [1.54, 1.807) is 12.1 Å². The third kappa shape index (κ3) is 4.32. The molecule has 5 nitrogen and oxygen atoms in total. The Morgan fingerprint density at radius 2 is 1.86 bits per heavy atom. The summed E-state index contributed by atoms with van der Waals surface area (Å²) < 4.78 is 4.97. The molecule has 0 aliphatic heterocycles. The lowest BCUT2D eigenvalue weighted by atomic mass is 10.0. The van der Waals surface area contributed by atoms with Gasteiger partial charge in [0.2, 0.25) is 0 Å². The van der Waals surface area contributed by atoms with Gasteiger partial charge in [0, 0.05) is 5.69 Å². The van der Waals surface area contributed by atoms with Crippen molar-refractivity contribution >= 4 is 28.9 Å². The Kier molecular flexibility index (Phi) is 4.94. The van der Waals surface area contributed by atoms with Gasteiger partial charge >= 0.3 is 5.91 Å². The first-order valence-electron chi connectivity index (χ1n) is 6.57. The van der Waals surface area contributed by atoms with Gasteiger partial charge in [-0.2, -0.15) is 0 Å². The van der Waals surface area contributed by atoms with Gasteiger partial charge in [-0.15, -0.1) is 0 Å². The normalized spacial score (nSPS) is 10.2. The van der Waals surface area contributed by atoms with Gasteiger partial charge in [-0.1, -0.05) is 26.0 Å². The van der Waals surface area contributed by atoms with Crippen LogP contribution < -0.4 is 16.2 Å². The molecule has 1 aromatic carbocycles. The lowest BCUT2D eigenvalue weighted by Crippen LogP contribution is -2.43. The number of carbonyl (C=O) groups is 1. The fourth-order valence-corrected chi connectivity index (χ4v) is 1.87. The molecule has 0 fully saturated rings. The largest absolute Gasteiger partial charge is 0.459 e. The molecule has 6 heteroatoms. The zero-order chi connectivity index (χ0) is 15.2. The molecule has 0 bridgehead atoms. The summed E-state index contributed by atoms with van der Waals surface area (Å²) in [7, 11) is 0. The topological polar surface area (TPSA) is 66.3 Å². The van der Waals surface area contributed by atoms with Gasteiger partial charge in [-0.25, -0.2) is 0 Å². The van der Waals surface area contributed by atoms with Crippen LogP contribution >= 0.6 is 12.2 Å². The van der Waals surface area contributed by atoms with Crippen LogP contribution in [0.15, 0.2) is 47.1 Å². The van der Waals surface area contributed by atoms with Crippen molar-refractivity contribution in [2.75, 3.05) is 5.32 Å². The molecule has 0 atom stereocenters. The summed E-state index contributed by atoms with van der Waals surface area (Å²) in [6.45, 7) is 4.28. The predicted molar refractivity (Wildman–Crippen MR) is 86.1 cm³/mol. The Hall–Kier alpha value is -2.34. The Balaban J connectivity index is 1.83. The van der Waals surface area contributed by atoms with Crippen LogP contribution in [0.25, 0.3) is 0 Å². The Morgan fingerprint density at radius 1 is 1.14 bits per heavy atom. The zero-order valence-electron chi connectivity index (χ0n) is 11.8. The van der Waals surface area contributed by atoms with Crippen LogP contribution in [0, 0.1) is 0 Å². The van der Waals surface area contributed by atoms with Crippen LogP contribution in [0.1, 0.15) is 35.9 Å². The van der Waals surface area contributed by atoms with Crippen molar-refractivity contribution in [3.8, 4) is 0 Å². The summed E-state index contributed by atoms with van der Waals surface area (Å²) in [5, 5.41) is 3.28. The number of carbonyl (C=O) groups excluding carboxylic acids is 1. The van der Waals surface area contributed by atoms with Crippen LogP contribution in [0.4, 0.5) is 5.69 Å². The highest BCUT2D eigenvalue weighted by molar-refractivity contribution is 7.80. The van der Waals surface area contributed by atoms with E-state index in [0.29, 0.717) is 11.0 Å². The number of hydrogen-bond donors (Lipinski definition) is 3. The number of thiocarbonyl (C=S) groups is 1. The second-order valence-electron chi connectivity index (χ2n) is 4.79. The van der Waals surface area contributed by atoms with E-state index in [9.17, 15) is 4.79 Å². The Morgan fingerprint density at radius 3 is 2.43 bits per heavy atom. The number of hydrogen-bond acceptors (Lipinski definition) is 3. The summed E-state index contributed by atoms with van der Waals surface area (Å²) in [4.78, 5) is 11.6. The maximum atomic E-state index is 11.6. The second-order valence-corrected chi connectivity index (χ2v) is 5.20. The average molecular weight is 303 g/mol. The lowest BCUT2D eigenvalue weighted by molar-refractivity contribution is 0.0916. The van der Waals surface area contributed by atoms with Crippen molar-refractivity contribution in [3.63, 3.8) is 0 Å². The molecule has 0 spiro atoms. The van der Waals surface area contributed by atoms with E-state index in [-0.39, 0.29) is 11.7 Å². The third-order valence-electron chi connectivity index (χ3n) is 2.87. The molecule has 21 heavy (non-hydrogen) atoms. The predicted octanol–water partition coefficient (Wildman–Crippen LogP) is 3.03. The van der Waals surface area contributed by atoms with Gasteiger partial charge in [0.1, 0.15) is 0 Å². The minimum Gasteiger partial charge on any atom is -0.459 e. The quantitative estimate of drug-likeness (QED) is 0.601. The number of furan rings is 1. The van der Waals surface area contributed by atoms with Gasteiger partial charge in [-0.3, -0.25) is 15.6 Å². The van der Waals surface area contributed by atoms with Gasteiger partial charge in [0.25, 0.3) is 0 Å². The van der Waals surface area contributed by atoms with Crippen molar-refractivity contribution < 1.29 is 9.21 Å². The fraction of sp³-hybridized carbons (Fsp3) is 0.200. The smallest absolute Gasteiger partial charge is 0.305 e. The monoisotopic (exact) mass is 303 g/mol. The molecule has 1 aromatic heterocycles. The molecule has 0 radical (unpaired) electrons. The lowest BCUT2D eigenvalue weighted by Gasteiger charge is -2.12. The Labute approximate surface area is 128 Å². The first-order chi connectivity index (χ1) is 10.1. The average Bonchev–Trinajstić information content (AvgIpc) is 2.99.